The van der Waals surface area contributed by atoms with Crippen LogP contribution in [0, 0.1) is 5.82 Å². The van der Waals surface area contributed by atoms with E-state index in [1.165, 1.54) is 12.1 Å². The highest BCUT2D eigenvalue weighted by atomic mass is 35.5. The van der Waals surface area contributed by atoms with E-state index in [0.717, 1.165) is 38.2 Å². The molecule has 0 atom stereocenters. The van der Waals surface area contributed by atoms with Gasteiger partial charge in [0.15, 0.2) is 0 Å². The van der Waals surface area contributed by atoms with Gasteiger partial charge in [0.1, 0.15) is 5.82 Å². The normalized spacial score (nSPS) is 16.2. The molecule has 1 saturated heterocycles. The van der Waals surface area contributed by atoms with E-state index in [1.54, 1.807) is 12.1 Å². The summed E-state index contributed by atoms with van der Waals surface area (Å²) in [6.07, 6.45) is 1.12. The first-order valence-corrected chi connectivity index (χ1v) is 6.83. The van der Waals surface area contributed by atoms with Crippen LogP contribution in [0.15, 0.2) is 28.8 Å². The van der Waals surface area contributed by atoms with Crippen LogP contribution in [0.5, 0.6) is 0 Å². The molecule has 0 radical (unpaired) electrons. The Morgan fingerprint density at radius 3 is 2.81 bits per heavy atom. The maximum Gasteiger partial charge on any atom is 0.241 e. The van der Waals surface area contributed by atoms with E-state index in [2.05, 4.69) is 20.4 Å². The Balaban J connectivity index is 0.00000161. The van der Waals surface area contributed by atoms with Crippen LogP contribution in [0.2, 0.25) is 0 Å². The lowest BCUT2D eigenvalue weighted by atomic mass is 10.2. The standard InChI is InChI=1S/C14H17FN4O.ClH/c15-12-4-2-11(3-5-12)14-17-13(20-18-14)10-19-8-1-6-16-7-9-19;/h2-5,16H,1,6-10H2;1H. The van der Waals surface area contributed by atoms with Crippen molar-refractivity contribution in [2.75, 3.05) is 26.2 Å². The van der Waals surface area contributed by atoms with Gasteiger partial charge >= 0.3 is 0 Å². The third kappa shape index (κ3) is 4.23. The fourth-order valence-corrected chi connectivity index (χ4v) is 2.29. The van der Waals surface area contributed by atoms with Crippen molar-refractivity contribution in [2.45, 2.75) is 13.0 Å². The predicted molar refractivity (Wildman–Crippen MR) is 79.7 cm³/mol. The second-order valence-electron chi connectivity index (χ2n) is 4.90. The van der Waals surface area contributed by atoms with Gasteiger partial charge in [-0.25, -0.2) is 4.39 Å². The average Bonchev–Trinajstić information content (AvgIpc) is 2.76. The molecule has 3 rings (SSSR count). The third-order valence-corrected chi connectivity index (χ3v) is 3.36. The van der Waals surface area contributed by atoms with Gasteiger partial charge in [0.2, 0.25) is 11.7 Å². The van der Waals surface area contributed by atoms with Gasteiger partial charge < -0.3 is 9.84 Å². The molecule has 7 heteroatoms. The number of hydrogen-bond donors (Lipinski definition) is 1. The van der Waals surface area contributed by atoms with Gasteiger partial charge in [0.25, 0.3) is 0 Å². The van der Waals surface area contributed by atoms with Gasteiger partial charge in [-0.3, -0.25) is 4.90 Å². The van der Waals surface area contributed by atoms with E-state index in [9.17, 15) is 4.39 Å². The van der Waals surface area contributed by atoms with Gasteiger partial charge in [-0.15, -0.1) is 12.4 Å². The van der Waals surface area contributed by atoms with Gasteiger partial charge in [-0.2, -0.15) is 4.98 Å². The van der Waals surface area contributed by atoms with Crippen LogP contribution in [0.1, 0.15) is 12.3 Å². The Morgan fingerprint density at radius 1 is 1.19 bits per heavy atom. The van der Waals surface area contributed by atoms with E-state index < -0.39 is 0 Å². The number of aromatic nitrogens is 2. The quantitative estimate of drug-likeness (QED) is 0.940. The Morgan fingerprint density at radius 2 is 2.00 bits per heavy atom. The monoisotopic (exact) mass is 312 g/mol. The van der Waals surface area contributed by atoms with Gasteiger partial charge in [-0.05, 0) is 43.8 Å². The topological polar surface area (TPSA) is 54.2 Å². The van der Waals surface area contributed by atoms with Crippen LogP contribution in [-0.4, -0.2) is 41.2 Å². The van der Waals surface area contributed by atoms with E-state index in [1.807, 2.05) is 0 Å². The highest BCUT2D eigenvalue weighted by molar-refractivity contribution is 5.85. The predicted octanol–water partition coefficient (Wildman–Crippen LogP) is 2.09. The number of rotatable bonds is 3. The van der Waals surface area contributed by atoms with Crippen molar-refractivity contribution in [3.63, 3.8) is 0 Å². The summed E-state index contributed by atoms with van der Waals surface area (Å²) < 4.78 is 18.2. The molecule has 0 spiro atoms. The number of hydrogen-bond acceptors (Lipinski definition) is 5. The smallest absolute Gasteiger partial charge is 0.241 e. The summed E-state index contributed by atoms with van der Waals surface area (Å²) in [5.41, 5.74) is 0.763. The molecule has 2 heterocycles. The van der Waals surface area contributed by atoms with Crippen LogP contribution >= 0.6 is 12.4 Å². The molecule has 0 saturated carbocycles. The lowest BCUT2D eigenvalue weighted by molar-refractivity contribution is 0.239. The van der Waals surface area contributed by atoms with Crippen molar-refractivity contribution < 1.29 is 8.91 Å². The molecule has 2 aromatic rings. The number of benzene rings is 1. The molecule has 0 aliphatic carbocycles. The number of halogens is 2. The first-order chi connectivity index (χ1) is 9.81. The lowest BCUT2D eigenvalue weighted by Gasteiger charge is -2.16. The summed E-state index contributed by atoms with van der Waals surface area (Å²) in [5.74, 6) is 0.841. The molecule has 1 N–H and O–H groups in total. The number of nitrogens with one attached hydrogen (secondary N) is 1. The summed E-state index contributed by atoms with van der Waals surface area (Å²) in [6, 6.07) is 6.09. The molecule has 1 aliphatic rings. The molecule has 0 amide bonds. The summed E-state index contributed by atoms with van der Waals surface area (Å²) in [7, 11) is 0. The average molecular weight is 313 g/mol. The molecule has 1 aromatic carbocycles. The SMILES string of the molecule is Cl.Fc1ccc(-c2noc(CN3CCCNCC3)n2)cc1. The van der Waals surface area contributed by atoms with E-state index in [4.69, 9.17) is 4.52 Å². The van der Waals surface area contributed by atoms with E-state index in [0.29, 0.717) is 18.3 Å². The molecule has 1 aromatic heterocycles. The van der Waals surface area contributed by atoms with Crippen LogP contribution in [-0.2, 0) is 6.54 Å². The highest BCUT2D eigenvalue weighted by Crippen LogP contribution is 2.16. The van der Waals surface area contributed by atoms with Crippen LogP contribution in [0.25, 0.3) is 11.4 Å². The Kier molecular flexibility index (Phi) is 5.67. The van der Waals surface area contributed by atoms with E-state index in [-0.39, 0.29) is 18.2 Å². The van der Waals surface area contributed by atoms with Gasteiger partial charge in [0, 0.05) is 18.7 Å². The zero-order valence-electron chi connectivity index (χ0n) is 11.6. The summed E-state index contributed by atoms with van der Waals surface area (Å²) in [6.45, 7) is 4.71. The molecular formula is C14H18ClFN4O. The zero-order valence-corrected chi connectivity index (χ0v) is 12.4. The minimum Gasteiger partial charge on any atom is -0.338 e. The Hall–Kier alpha value is -1.50. The fourth-order valence-electron chi connectivity index (χ4n) is 2.29. The number of nitrogens with zero attached hydrogens (tertiary/aromatic N) is 3. The molecule has 21 heavy (non-hydrogen) atoms. The largest absolute Gasteiger partial charge is 0.338 e. The molecule has 0 bridgehead atoms. The Bertz CT molecular complexity index is 552. The molecule has 0 unspecified atom stereocenters. The third-order valence-electron chi connectivity index (χ3n) is 3.36. The maximum atomic E-state index is 12.9. The zero-order chi connectivity index (χ0) is 13.8. The second kappa shape index (κ2) is 7.49. The summed E-state index contributed by atoms with van der Waals surface area (Å²) in [4.78, 5) is 6.67. The van der Waals surface area contributed by atoms with Crippen LogP contribution < -0.4 is 5.32 Å². The van der Waals surface area contributed by atoms with Crippen molar-refractivity contribution in [1.29, 1.82) is 0 Å². The van der Waals surface area contributed by atoms with Crippen molar-refractivity contribution in [1.82, 2.24) is 20.4 Å². The molecule has 1 aliphatic heterocycles. The molecule has 5 nitrogen and oxygen atoms in total. The minimum atomic E-state index is -0.269. The van der Waals surface area contributed by atoms with Crippen molar-refractivity contribution >= 4 is 12.4 Å². The fraction of sp³-hybridized carbons (Fsp3) is 0.429. The van der Waals surface area contributed by atoms with E-state index >= 15 is 0 Å². The maximum absolute atomic E-state index is 12.9. The second-order valence-corrected chi connectivity index (χ2v) is 4.90. The first-order valence-electron chi connectivity index (χ1n) is 6.83. The van der Waals surface area contributed by atoms with Crippen molar-refractivity contribution in [3.8, 4) is 11.4 Å². The molecule has 1 fully saturated rings. The van der Waals surface area contributed by atoms with Crippen LogP contribution in [0.3, 0.4) is 0 Å². The van der Waals surface area contributed by atoms with Crippen molar-refractivity contribution in [3.05, 3.63) is 36.0 Å². The lowest BCUT2D eigenvalue weighted by Crippen LogP contribution is -2.27. The first kappa shape index (κ1) is 15.9. The summed E-state index contributed by atoms with van der Waals surface area (Å²) >= 11 is 0. The minimum absolute atomic E-state index is 0. The molecular weight excluding hydrogens is 295 g/mol. The van der Waals surface area contributed by atoms with Crippen LogP contribution in [0.4, 0.5) is 4.39 Å². The highest BCUT2D eigenvalue weighted by Gasteiger charge is 2.14. The summed E-state index contributed by atoms with van der Waals surface area (Å²) in [5, 5.41) is 7.31. The van der Waals surface area contributed by atoms with Crippen molar-refractivity contribution in [2.24, 2.45) is 0 Å². The molecule has 114 valence electrons. The Labute approximate surface area is 128 Å². The van der Waals surface area contributed by atoms with Gasteiger partial charge in [-0.1, -0.05) is 5.16 Å². The van der Waals surface area contributed by atoms with Gasteiger partial charge in [0.05, 0.1) is 6.54 Å².